The Labute approximate surface area is 159 Å². The van der Waals surface area contributed by atoms with Gasteiger partial charge in [-0.25, -0.2) is 0 Å². The number of hydrogen-bond donors (Lipinski definition) is 3. The van der Waals surface area contributed by atoms with Crippen LogP contribution >= 0.6 is 12.2 Å². The Morgan fingerprint density at radius 3 is 2.42 bits per heavy atom. The molecule has 26 heavy (non-hydrogen) atoms. The second-order valence-electron chi connectivity index (χ2n) is 6.68. The van der Waals surface area contributed by atoms with Crippen LogP contribution in [-0.4, -0.2) is 11.0 Å². The molecule has 0 unspecified atom stereocenters. The summed E-state index contributed by atoms with van der Waals surface area (Å²) in [6, 6.07) is 13.8. The van der Waals surface area contributed by atoms with Gasteiger partial charge in [0.15, 0.2) is 5.11 Å². The quantitative estimate of drug-likeness (QED) is 0.719. The summed E-state index contributed by atoms with van der Waals surface area (Å²) in [6.07, 6.45) is 0. The Morgan fingerprint density at radius 2 is 1.73 bits per heavy atom. The van der Waals surface area contributed by atoms with E-state index in [1.807, 2.05) is 70.2 Å². The van der Waals surface area contributed by atoms with E-state index in [2.05, 4.69) is 16.0 Å². The highest BCUT2D eigenvalue weighted by molar-refractivity contribution is 7.80. The van der Waals surface area contributed by atoms with Crippen LogP contribution in [0.3, 0.4) is 0 Å². The molecule has 1 atom stereocenters. The van der Waals surface area contributed by atoms with Crippen LogP contribution in [0.2, 0.25) is 0 Å². The highest BCUT2D eigenvalue weighted by Gasteiger charge is 2.30. The predicted molar refractivity (Wildman–Crippen MR) is 110 cm³/mol. The molecule has 0 saturated heterocycles. The number of rotatable bonds is 3. The lowest BCUT2D eigenvalue weighted by molar-refractivity contribution is -0.113. The summed E-state index contributed by atoms with van der Waals surface area (Å²) in [7, 11) is 0. The van der Waals surface area contributed by atoms with E-state index in [0.29, 0.717) is 10.7 Å². The van der Waals surface area contributed by atoms with E-state index in [1.165, 1.54) is 5.56 Å². The molecule has 5 heteroatoms. The van der Waals surface area contributed by atoms with Crippen LogP contribution in [0.4, 0.5) is 5.69 Å². The third-order valence-electron chi connectivity index (χ3n) is 4.78. The van der Waals surface area contributed by atoms with E-state index in [9.17, 15) is 4.79 Å². The molecule has 1 aliphatic rings. The van der Waals surface area contributed by atoms with Crippen molar-refractivity contribution in [2.45, 2.75) is 33.7 Å². The first-order valence-corrected chi connectivity index (χ1v) is 9.00. The minimum absolute atomic E-state index is 0.135. The molecular weight excluding hydrogens is 342 g/mol. The molecule has 3 N–H and O–H groups in total. The molecule has 0 fully saturated rings. The minimum atomic E-state index is -0.283. The normalized spacial score (nSPS) is 16.8. The molecule has 0 aliphatic carbocycles. The summed E-state index contributed by atoms with van der Waals surface area (Å²) in [4.78, 5) is 13.1. The minimum Gasteiger partial charge on any atom is -0.351 e. The summed E-state index contributed by atoms with van der Waals surface area (Å²) in [5.41, 5.74) is 6.62. The van der Waals surface area contributed by atoms with Crippen molar-refractivity contribution in [2.24, 2.45) is 0 Å². The van der Waals surface area contributed by atoms with Gasteiger partial charge in [0, 0.05) is 11.4 Å². The zero-order valence-electron chi connectivity index (χ0n) is 15.4. The zero-order chi connectivity index (χ0) is 18.8. The number of amides is 1. The van der Waals surface area contributed by atoms with Crippen molar-refractivity contribution in [3.8, 4) is 0 Å². The summed E-state index contributed by atoms with van der Waals surface area (Å²) >= 11 is 5.30. The molecule has 0 bridgehead atoms. The third kappa shape index (κ3) is 3.63. The first-order chi connectivity index (χ1) is 12.4. The number of carbonyl (C=O) groups excluding carboxylic acids is 1. The predicted octanol–water partition coefficient (Wildman–Crippen LogP) is 4.04. The van der Waals surface area contributed by atoms with E-state index < -0.39 is 0 Å². The number of carbonyl (C=O) groups is 1. The number of anilines is 1. The fraction of sp³-hybridized carbons (Fsp3) is 0.238. The Kier molecular flexibility index (Phi) is 5.09. The van der Waals surface area contributed by atoms with Crippen LogP contribution in [0, 0.1) is 20.8 Å². The smallest absolute Gasteiger partial charge is 0.255 e. The number of allylic oxidation sites excluding steroid dienone is 1. The summed E-state index contributed by atoms with van der Waals surface area (Å²) in [5.74, 6) is -0.135. The van der Waals surface area contributed by atoms with Crippen LogP contribution in [-0.2, 0) is 4.79 Å². The van der Waals surface area contributed by atoms with Gasteiger partial charge in [0.2, 0.25) is 0 Å². The number of thiocarbonyl (C=S) groups is 1. The van der Waals surface area contributed by atoms with Crippen molar-refractivity contribution < 1.29 is 4.79 Å². The Morgan fingerprint density at radius 1 is 1.04 bits per heavy atom. The molecule has 1 aliphatic heterocycles. The van der Waals surface area contributed by atoms with Gasteiger partial charge in [-0.05, 0) is 62.7 Å². The van der Waals surface area contributed by atoms with Crippen LogP contribution < -0.4 is 16.0 Å². The van der Waals surface area contributed by atoms with Gasteiger partial charge in [0.1, 0.15) is 0 Å². The zero-order valence-corrected chi connectivity index (χ0v) is 16.3. The maximum Gasteiger partial charge on any atom is 0.255 e. The third-order valence-corrected chi connectivity index (χ3v) is 5.00. The summed E-state index contributed by atoms with van der Waals surface area (Å²) in [6.45, 7) is 7.97. The molecule has 2 aromatic rings. The molecular formula is C21H23N3OS. The lowest BCUT2D eigenvalue weighted by Gasteiger charge is -2.30. The van der Waals surface area contributed by atoms with Gasteiger partial charge in [0.05, 0.1) is 11.6 Å². The average molecular weight is 366 g/mol. The molecule has 0 aromatic heterocycles. The molecule has 2 aromatic carbocycles. The second-order valence-corrected chi connectivity index (χ2v) is 7.09. The highest BCUT2D eigenvalue weighted by Crippen LogP contribution is 2.28. The molecule has 1 heterocycles. The van der Waals surface area contributed by atoms with Gasteiger partial charge in [-0.1, -0.05) is 42.0 Å². The molecule has 134 valence electrons. The topological polar surface area (TPSA) is 53.2 Å². The van der Waals surface area contributed by atoms with Gasteiger partial charge in [-0.3, -0.25) is 4.79 Å². The van der Waals surface area contributed by atoms with Gasteiger partial charge in [-0.15, -0.1) is 0 Å². The number of aryl methyl sites for hydroxylation is 2. The van der Waals surface area contributed by atoms with Gasteiger partial charge < -0.3 is 16.0 Å². The van der Waals surface area contributed by atoms with E-state index >= 15 is 0 Å². The van der Waals surface area contributed by atoms with Gasteiger partial charge in [0.25, 0.3) is 5.91 Å². The lowest BCUT2D eigenvalue weighted by atomic mass is 9.94. The second kappa shape index (κ2) is 7.30. The number of nitrogens with one attached hydrogen (secondary N) is 3. The van der Waals surface area contributed by atoms with Crippen molar-refractivity contribution in [1.82, 2.24) is 10.6 Å². The first kappa shape index (κ1) is 18.1. The Balaban J connectivity index is 1.96. The van der Waals surface area contributed by atoms with E-state index in [-0.39, 0.29) is 11.9 Å². The van der Waals surface area contributed by atoms with Crippen LogP contribution in [0.1, 0.15) is 35.2 Å². The summed E-state index contributed by atoms with van der Waals surface area (Å²) in [5, 5.41) is 9.88. The standard InChI is InChI=1S/C21H23N3OS/c1-12-8-10-16(11-9-12)19-18(15(4)22-21(26)24-19)20(25)23-17-7-5-6-13(2)14(17)3/h5-11,19H,1-4H3,(H,23,25)(H2,22,24,26)/t19-/m1/s1. The van der Waals surface area contributed by atoms with Crippen LogP contribution in [0.25, 0.3) is 0 Å². The maximum absolute atomic E-state index is 13.1. The fourth-order valence-corrected chi connectivity index (χ4v) is 3.35. The molecule has 4 nitrogen and oxygen atoms in total. The van der Waals surface area contributed by atoms with Crippen LogP contribution in [0.15, 0.2) is 53.7 Å². The Bertz CT molecular complexity index is 900. The van der Waals surface area contributed by atoms with Crippen LogP contribution in [0.5, 0.6) is 0 Å². The van der Waals surface area contributed by atoms with Crippen molar-refractivity contribution in [1.29, 1.82) is 0 Å². The van der Waals surface area contributed by atoms with Gasteiger partial charge >= 0.3 is 0 Å². The first-order valence-electron chi connectivity index (χ1n) is 8.59. The van der Waals surface area contributed by atoms with Gasteiger partial charge in [-0.2, -0.15) is 0 Å². The van der Waals surface area contributed by atoms with E-state index in [1.54, 1.807) is 0 Å². The molecule has 0 saturated carbocycles. The summed E-state index contributed by atoms with van der Waals surface area (Å²) < 4.78 is 0. The molecule has 0 radical (unpaired) electrons. The molecule has 3 rings (SSSR count). The fourth-order valence-electron chi connectivity index (χ4n) is 3.08. The number of benzene rings is 2. The van der Waals surface area contributed by atoms with Crippen molar-refractivity contribution in [2.75, 3.05) is 5.32 Å². The SMILES string of the molecule is CC1=C(C(=O)Nc2cccc(C)c2C)[C@@H](c2ccc(C)cc2)NC(=S)N1. The van der Waals surface area contributed by atoms with Crippen molar-refractivity contribution >= 4 is 28.9 Å². The monoisotopic (exact) mass is 365 g/mol. The van der Waals surface area contributed by atoms with E-state index in [4.69, 9.17) is 12.2 Å². The van der Waals surface area contributed by atoms with Crippen molar-refractivity contribution in [3.63, 3.8) is 0 Å². The Hall–Kier alpha value is -2.66. The molecule has 1 amide bonds. The largest absolute Gasteiger partial charge is 0.351 e. The maximum atomic E-state index is 13.1. The van der Waals surface area contributed by atoms with Crippen molar-refractivity contribution in [3.05, 3.63) is 76.0 Å². The molecule has 0 spiro atoms. The lowest BCUT2D eigenvalue weighted by Crippen LogP contribution is -2.45. The van der Waals surface area contributed by atoms with E-state index in [0.717, 1.165) is 28.1 Å². The average Bonchev–Trinajstić information content (AvgIpc) is 2.59. The number of hydrogen-bond acceptors (Lipinski definition) is 2. The highest BCUT2D eigenvalue weighted by atomic mass is 32.1.